The topological polar surface area (TPSA) is 83.7 Å². The summed E-state index contributed by atoms with van der Waals surface area (Å²) in [5.74, 6) is 0.0603. The van der Waals surface area contributed by atoms with Gasteiger partial charge in [-0.1, -0.05) is 23.9 Å². The van der Waals surface area contributed by atoms with Crippen molar-refractivity contribution >= 4 is 38.8 Å². The lowest BCUT2D eigenvalue weighted by molar-refractivity contribution is -0.127. The molecule has 2 aromatic rings. The number of benzene rings is 1. The summed E-state index contributed by atoms with van der Waals surface area (Å²) in [4.78, 5) is 18.2. The second kappa shape index (κ2) is 8.52. The molecule has 26 heavy (non-hydrogen) atoms. The lowest BCUT2D eigenvalue weighted by atomic mass is 10.3. The predicted molar refractivity (Wildman–Crippen MR) is 103 cm³/mol. The summed E-state index contributed by atoms with van der Waals surface area (Å²) in [5.41, 5.74) is 0.892. The summed E-state index contributed by atoms with van der Waals surface area (Å²) < 4.78 is 31.1. The van der Waals surface area contributed by atoms with E-state index in [2.05, 4.69) is 18.1 Å². The highest BCUT2D eigenvalue weighted by molar-refractivity contribution is 7.99. The van der Waals surface area contributed by atoms with Gasteiger partial charge < -0.3 is 9.32 Å². The molecule has 0 atom stereocenters. The molecule has 0 aliphatic carbocycles. The van der Waals surface area contributed by atoms with Crippen LogP contribution < -0.4 is 0 Å². The molecule has 0 bridgehead atoms. The second-order valence-electron chi connectivity index (χ2n) is 5.56. The molecule has 0 unspecified atom stereocenters. The van der Waals surface area contributed by atoms with Crippen LogP contribution in [0.1, 0.15) is 0 Å². The number of nitrogens with zero attached hydrogens (tertiary/aromatic N) is 3. The molecule has 1 aromatic carbocycles. The second-order valence-corrected chi connectivity index (χ2v) is 8.64. The van der Waals surface area contributed by atoms with Gasteiger partial charge in [0.2, 0.25) is 15.9 Å². The maximum atomic E-state index is 12.2. The van der Waals surface area contributed by atoms with Crippen molar-refractivity contribution in [3.63, 3.8) is 0 Å². The third-order valence-electron chi connectivity index (χ3n) is 3.49. The first-order valence-corrected chi connectivity index (χ1v) is 10.2. The van der Waals surface area contributed by atoms with Crippen molar-refractivity contribution in [3.8, 4) is 0 Å². The number of carbonyl (C=O) groups is 1. The Balaban J connectivity index is 2.15. The van der Waals surface area contributed by atoms with Crippen molar-refractivity contribution in [1.29, 1.82) is 0 Å². The van der Waals surface area contributed by atoms with Crippen LogP contribution in [0.5, 0.6) is 0 Å². The van der Waals surface area contributed by atoms with Crippen LogP contribution >= 0.6 is 11.8 Å². The number of hydrogen-bond donors (Lipinski definition) is 0. The zero-order valence-electron chi connectivity index (χ0n) is 14.7. The minimum atomic E-state index is -3.54. The number of sulfonamides is 1. The number of hydrogen-bond acceptors (Lipinski definition) is 6. The van der Waals surface area contributed by atoms with Crippen molar-refractivity contribution < 1.29 is 17.6 Å². The molecule has 140 valence electrons. The van der Waals surface area contributed by atoms with Crippen LogP contribution in [0, 0.1) is 0 Å². The molecule has 0 saturated heterocycles. The highest BCUT2D eigenvalue weighted by Crippen LogP contribution is 2.26. The van der Waals surface area contributed by atoms with Gasteiger partial charge in [0.15, 0.2) is 5.58 Å². The number of rotatable bonds is 9. The van der Waals surface area contributed by atoms with E-state index < -0.39 is 10.0 Å². The normalized spacial score (nSPS) is 11.7. The average Bonchev–Trinajstić information content (AvgIpc) is 3.01. The summed E-state index contributed by atoms with van der Waals surface area (Å²) in [5, 5.41) is 0.310. The molecule has 0 N–H and O–H groups in total. The third-order valence-corrected chi connectivity index (χ3v) is 6.11. The van der Waals surface area contributed by atoms with Crippen LogP contribution in [0.15, 0.2) is 58.0 Å². The minimum absolute atomic E-state index is 0.0899. The van der Waals surface area contributed by atoms with E-state index in [0.29, 0.717) is 29.4 Å². The fourth-order valence-electron chi connectivity index (χ4n) is 2.12. The van der Waals surface area contributed by atoms with Gasteiger partial charge in [0, 0.05) is 27.2 Å². The first-order chi connectivity index (χ1) is 12.3. The number of thioether (sulfide) groups is 1. The Bertz CT molecular complexity index is 909. The number of carbonyl (C=O) groups excluding carboxylic acids is 1. The van der Waals surface area contributed by atoms with Gasteiger partial charge >= 0.3 is 0 Å². The van der Waals surface area contributed by atoms with Gasteiger partial charge in [-0.15, -0.1) is 13.2 Å². The van der Waals surface area contributed by atoms with Crippen molar-refractivity contribution in [2.75, 3.05) is 32.9 Å². The van der Waals surface area contributed by atoms with Gasteiger partial charge in [0.05, 0.1) is 10.6 Å². The highest BCUT2D eigenvalue weighted by Gasteiger charge is 2.19. The zero-order valence-corrected chi connectivity index (χ0v) is 16.3. The van der Waals surface area contributed by atoms with Gasteiger partial charge in [-0.05, 0) is 18.2 Å². The molecule has 0 saturated carbocycles. The van der Waals surface area contributed by atoms with Crippen LogP contribution in [0.2, 0.25) is 0 Å². The lowest BCUT2D eigenvalue weighted by Gasteiger charge is -2.18. The molecule has 0 fully saturated rings. The maximum absolute atomic E-state index is 12.2. The van der Waals surface area contributed by atoms with Gasteiger partial charge in [-0.3, -0.25) is 4.79 Å². The highest BCUT2D eigenvalue weighted by atomic mass is 32.2. The van der Waals surface area contributed by atoms with Crippen molar-refractivity contribution in [3.05, 3.63) is 43.5 Å². The minimum Gasteiger partial charge on any atom is -0.431 e. The Hall–Kier alpha value is -2.10. The van der Waals surface area contributed by atoms with Crippen LogP contribution in [-0.2, 0) is 14.8 Å². The third kappa shape index (κ3) is 4.54. The van der Waals surface area contributed by atoms with Crippen LogP contribution in [0.25, 0.3) is 11.1 Å². The van der Waals surface area contributed by atoms with Gasteiger partial charge in [-0.2, -0.15) is 0 Å². The summed E-state index contributed by atoms with van der Waals surface area (Å²) in [7, 11) is -0.612. The molecule has 0 aliphatic heterocycles. The first kappa shape index (κ1) is 20.2. The Morgan fingerprint density at radius 3 is 2.50 bits per heavy atom. The number of fused-ring (bicyclic) bond motifs is 1. The largest absolute Gasteiger partial charge is 0.431 e. The molecule has 2 rings (SSSR count). The van der Waals surface area contributed by atoms with Crippen LogP contribution in [0.3, 0.4) is 0 Å². The van der Waals surface area contributed by atoms with E-state index >= 15 is 0 Å². The predicted octanol–water partition coefficient (Wildman–Crippen LogP) is 2.37. The molecule has 1 aromatic heterocycles. The van der Waals surface area contributed by atoms with Gasteiger partial charge in [0.1, 0.15) is 5.52 Å². The van der Waals surface area contributed by atoms with E-state index in [9.17, 15) is 13.2 Å². The molecule has 9 heteroatoms. The molecule has 0 aliphatic rings. The Morgan fingerprint density at radius 2 is 1.92 bits per heavy atom. The zero-order chi connectivity index (χ0) is 19.3. The maximum Gasteiger partial charge on any atom is 0.257 e. The molecule has 7 nitrogen and oxygen atoms in total. The summed E-state index contributed by atoms with van der Waals surface area (Å²) >= 11 is 1.16. The standard InChI is InChI=1S/C17H21N3O4S2/c1-5-9-20(10-6-2)16(21)12-25-17-18-14-11-13(7-8-15(14)24-17)26(22,23)19(3)4/h5-8,11H,1-2,9-10,12H2,3-4H3. The monoisotopic (exact) mass is 395 g/mol. The molecular formula is C17H21N3O4S2. The molecular weight excluding hydrogens is 374 g/mol. The Labute approximate surface area is 157 Å². The lowest BCUT2D eigenvalue weighted by Crippen LogP contribution is -2.32. The number of aromatic nitrogens is 1. The van der Waals surface area contributed by atoms with Crippen LogP contribution in [0.4, 0.5) is 0 Å². The fourth-order valence-corrected chi connectivity index (χ4v) is 3.79. The van der Waals surface area contributed by atoms with E-state index in [0.717, 1.165) is 16.1 Å². The number of oxazole rings is 1. The van der Waals surface area contributed by atoms with E-state index in [1.807, 2.05) is 0 Å². The average molecular weight is 396 g/mol. The smallest absolute Gasteiger partial charge is 0.257 e. The number of amides is 1. The van der Waals surface area contributed by atoms with Crippen molar-refractivity contribution in [2.24, 2.45) is 0 Å². The van der Waals surface area contributed by atoms with E-state index in [1.165, 1.54) is 26.2 Å². The first-order valence-electron chi connectivity index (χ1n) is 7.75. The fraction of sp³-hybridized carbons (Fsp3) is 0.294. The summed E-state index contributed by atoms with van der Waals surface area (Å²) in [6.07, 6.45) is 3.30. The Morgan fingerprint density at radius 1 is 1.27 bits per heavy atom. The SMILES string of the molecule is C=CCN(CC=C)C(=O)CSc1nc2cc(S(=O)(=O)N(C)C)ccc2o1. The van der Waals surface area contributed by atoms with Crippen LogP contribution in [-0.4, -0.2) is 61.5 Å². The molecule has 0 radical (unpaired) electrons. The summed E-state index contributed by atoms with van der Waals surface area (Å²) in [6, 6.07) is 4.49. The van der Waals surface area contributed by atoms with Crippen molar-refractivity contribution in [2.45, 2.75) is 10.1 Å². The van der Waals surface area contributed by atoms with Gasteiger partial charge in [-0.25, -0.2) is 17.7 Å². The molecule has 1 heterocycles. The molecule has 1 amide bonds. The summed E-state index contributed by atoms with van der Waals surface area (Å²) in [6.45, 7) is 8.14. The van der Waals surface area contributed by atoms with E-state index in [1.54, 1.807) is 23.1 Å². The molecule has 0 spiro atoms. The van der Waals surface area contributed by atoms with E-state index in [-0.39, 0.29) is 16.6 Å². The quantitative estimate of drug-likeness (QED) is 0.479. The van der Waals surface area contributed by atoms with Gasteiger partial charge in [0.25, 0.3) is 5.22 Å². The Kier molecular flexibility index (Phi) is 6.63. The van der Waals surface area contributed by atoms with Crippen molar-refractivity contribution in [1.82, 2.24) is 14.2 Å². The van der Waals surface area contributed by atoms with E-state index in [4.69, 9.17) is 4.42 Å².